The van der Waals surface area contributed by atoms with Crippen molar-refractivity contribution in [2.45, 2.75) is 38.3 Å². The van der Waals surface area contributed by atoms with Crippen molar-refractivity contribution in [2.75, 3.05) is 27.2 Å². The monoisotopic (exact) mass is 393 g/mol. The van der Waals surface area contributed by atoms with Gasteiger partial charge >= 0.3 is 6.03 Å². The quantitative estimate of drug-likeness (QED) is 0.820. The molecule has 2 aliphatic rings. The van der Waals surface area contributed by atoms with Crippen LogP contribution in [-0.2, 0) is 25.8 Å². The Morgan fingerprint density at radius 1 is 1.00 bits per heavy atom. The Hall–Kier alpha value is -2.53. The van der Waals surface area contributed by atoms with E-state index in [2.05, 4.69) is 29.6 Å². The van der Waals surface area contributed by atoms with Crippen molar-refractivity contribution in [1.82, 2.24) is 15.1 Å². The van der Waals surface area contributed by atoms with Crippen LogP contribution in [0.3, 0.4) is 0 Å². The number of urea groups is 1. The SMILES string of the molecule is CN(CCC1Cc2ccccc2C1)C(=O)N(C)CC1Cc2ccc(O)cc2CN1. The second-order valence-corrected chi connectivity index (χ2v) is 8.65. The number of rotatable bonds is 5. The molecule has 2 aromatic rings. The third-order valence-corrected chi connectivity index (χ3v) is 6.39. The Labute approximate surface area is 173 Å². The lowest BCUT2D eigenvalue weighted by Crippen LogP contribution is -2.48. The Balaban J connectivity index is 1.24. The highest BCUT2D eigenvalue weighted by molar-refractivity contribution is 5.73. The number of fused-ring (bicyclic) bond motifs is 2. The van der Waals surface area contributed by atoms with Crippen molar-refractivity contribution < 1.29 is 9.90 Å². The maximum atomic E-state index is 12.8. The van der Waals surface area contributed by atoms with Crippen LogP contribution in [0.1, 0.15) is 28.7 Å². The number of carbonyl (C=O) groups excluding carboxylic acids is 1. The van der Waals surface area contributed by atoms with E-state index < -0.39 is 0 Å². The lowest BCUT2D eigenvalue weighted by Gasteiger charge is -2.32. The van der Waals surface area contributed by atoms with Crippen LogP contribution < -0.4 is 5.32 Å². The molecule has 5 heteroatoms. The van der Waals surface area contributed by atoms with Crippen LogP contribution in [0.15, 0.2) is 42.5 Å². The summed E-state index contributed by atoms with van der Waals surface area (Å²) < 4.78 is 0. The largest absolute Gasteiger partial charge is 0.508 e. The fraction of sp³-hybridized carbons (Fsp3) is 0.458. The number of carbonyl (C=O) groups is 1. The molecule has 1 atom stereocenters. The first-order valence-corrected chi connectivity index (χ1v) is 10.6. The summed E-state index contributed by atoms with van der Waals surface area (Å²) in [4.78, 5) is 16.5. The van der Waals surface area contributed by atoms with Crippen LogP contribution in [0.2, 0.25) is 0 Å². The zero-order valence-electron chi connectivity index (χ0n) is 17.4. The number of nitrogens with one attached hydrogen (secondary N) is 1. The van der Waals surface area contributed by atoms with Gasteiger partial charge in [-0.1, -0.05) is 30.3 Å². The van der Waals surface area contributed by atoms with Crippen LogP contribution in [0.25, 0.3) is 0 Å². The lowest BCUT2D eigenvalue weighted by atomic mass is 9.95. The van der Waals surface area contributed by atoms with E-state index in [1.165, 1.54) is 16.7 Å². The summed E-state index contributed by atoms with van der Waals surface area (Å²) >= 11 is 0. The molecule has 0 fully saturated rings. The van der Waals surface area contributed by atoms with Crippen molar-refractivity contribution >= 4 is 6.03 Å². The summed E-state index contributed by atoms with van der Waals surface area (Å²) in [5.41, 5.74) is 5.34. The normalized spacial score (nSPS) is 18.2. The highest BCUT2D eigenvalue weighted by Crippen LogP contribution is 2.28. The van der Waals surface area contributed by atoms with E-state index in [0.29, 0.717) is 18.2 Å². The first-order chi connectivity index (χ1) is 14.0. The van der Waals surface area contributed by atoms with Crippen LogP contribution in [0.5, 0.6) is 5.75 Å². The number of phenolic OH excluding ortho intramolecular Hbond substituents is 1. The van der Waals surface area contributed by atoms with E-state index in [1.807, 2.05) is 36.0 Å². The Bertz CT molecular complexity index is 857. The predicted molar refractivity (Wildman–Crippen MR) is 115 cm³/mol. The fourth-order valence-electron chi connectivity index (χ4n) is 4.72. The van der Waals surface area contributed by atoms with Crippen molar-refractivity contribution in [3.8, 4) is 5.75 Å². The predicted octanol–water partition coefficient (Wildman–Crippen LogP) is 3.20. The number of likely N-dealkylation sites (N-methyl/N-ethyl adjacent to an activating group) is 1. The molecule has 0 spiro atoms. The number of phenols is 1. The third kappa shape index (κ3) is 4.56. The summed E-state index contributed by atoms with van der Waals surface area (Å²) in [6.45, 7) is 2.20. The molecule has 29 heavy (non-hydrogen) atoms. The average Bonchev–Trinajstić information content (AvgIpc) is 3.14. The zero-order valence-corrected chi connectivity index (χ0v) is 17.4. The Kier molecular flexibility index (Phi) is 5.76. The number of nitrogens with zero attached hydrogens (tertiary/aromatic N) is 2. The molecule has 2 aromatic carbocycles. The third-order valence-electron chi connectivity index (χ3n) is 6.39. The van der Waals surface area contributed by atoms with Gasteiger partial charge in [0.15, 0.2) is 0 Å². The highest BCUT2D eigenvalue weighted by atomic mass is 16.3. The molecule has 0 saturated carbocycles. The van der Waals surface area contributed by atoms with Gasteiger partial charge in [-0.15, -0.1) is 0 Å². The minimum absolute atomic E-state index is 0.0822. The van der Waals surface area contributed by atoms with Gasteiger partial charge in [-0.05, 0) is 66.0 Å². The van der Waals surface area contributed by atoms with Crippen molar-refractivity contribution in [2.24, 2.45) is 5.92 Å². The van der Waals surface area contributed by atoms with Gasteiger partial charge in [-0.2, -0.15) is 0 Å². The van der Waals surface area contributed by atoms with Gasteiger partial charge in [0.1, 0.15) is 5.75 Å². The molecule has 0 saturated heterocycles. The topological polar surface area (TPSA) is 55.8 Å². The van der Waals surface area contributed by atoms with Gasteiger partial charge in [-0.3, -0.25) is 0 Å². The van der Waals surface area contributed by atoms with Gasteiger partial charge in [0.25, 0.3) is 0 Å². The van der Waals surface area contributed by atoms with E-state index in [9.17, 15) is 9.90 Å². The Morgan fingerprint density at radius 2 is 1.69 bits per heavy atom. The van der Waals surface area contributed by atoms with Crippen molar-refractivity contribution in [3.63, 3.8) is 0 Å². The zero-order chi connectivity index (χ0) is 20.4. The summed E-state index contributed by atoms with van der Waals surface area (Å²) in [7, 11) is 3.80. The second kappa shape index (κ2) is 8.46. The number of amides is 2. The summed E-state index contributed by atoms with van der Waals surface area (Å²) in [6.07, 6.45) is 4.19. The molecular weight excluding hydrogens is 362 g/mol. The van der Waals surface area contributed by atoms with Crippen LogP contribution in [-0.4, -0.2) is 54.2 Å². The standard InChI is InChI=1S/C24H31N3O2/c1-26(10-9-17-11-18-5-3-4-6-19(18)12-17)24(29)27(2)16-22-13-20-7-8-23(28)14-21(20)15-25-22/h3-8,14,17,22,25,28H,9-13,15-16H2,1-2H3. The number of hydrogen-bond acceptors (Lipinski definition) is 3. The summed E-state index contributed by atoms with van der Waals surface area (Å²) in [5.74, 6) is 0.948. The summed E-state index contributed by atoms with van der Waals surface area (Å²) in [6, 6.07) is 14.6. The smallest absolute Gasteiger partial charge is 0.319 e. The molecule has 1 aliphatic carbocycles. The van der Waals surface area contributed by atoms with Gasteiger partial charge < -0.3 is 20.2 Å². The minimum atomic E-state index is 0.0822. The maximum absolute atomic E-state index is 12.8. The lowest BCUT2D eigenvalue weighted by molar-refractivity contribution is 0.165. The number of aromatic hydroxyl groups is 1. The van der Waals surface area contributed by atoms with Crippen molar-refractivity contribution in [3.05, 3.63) is 64.7 Å². The molecule has 1 heterocycles. The molecule has 5 nitrogen and oxygen atoms in total. The average molecular weight is 394 g/mol. The maximum Gasteiger partial charge on any atom is 0.319 e. The molecule has 1 unspecified atom stereocenters. The first-order valence-electron chi connectivity index (χ1n) is 10.6. The van der Waals surface area contributed by atoms with E-state index in [0.717, 1.165) is 44.3 Å². The molecule has 0 aromatic heterocycles. The van der Waals surface area contributed by atoms with Gasteiger partial charge in [0.2, 0.25) is 0 Å². The van der Waals surface area contributed by atoms with Crippen LogP contribution in [0.4, 0.5) is 4.79 Å². The number of hydrogen-bond donors (Lipinski definition) is 2. The number of benzene rings is 2. The van der Waals surface area contributed by atoms with Crippen molar-refractivity contribution in [1.29, 1.82) is 0 Å². The molecule has 2 amide bonds. The molecule has 0 radical (unpaired) electrons. The van der Waals surface area contributed by atoms with E-state index in [-0.39, 0.29) is 12.1 Å². The van der Waals surface area contributed by atoms with Crippen LogP contribution >= 0.6 is 0 Å². The second-order valence-electron chi connectivity index (χ2n) is 8.65. The minimum Gasteiger partial charge on any atom is -0.508 e. The molecule has 154 valence electrons. The molecule has 2 N–H and O–H groups in total. The van der Waals surface area contributed by atoms with E-state index in [4.69, 9.17) is 0 Å². The fourth-order valence-corrected chi connectivity index (χ4v) is 4.72. The van der Waals surface area contributed by atoms with Crippen LogP contribution in [0, 0.1) is 5.92 Å². The molecule has 4 rings (SSSR count). The van der Waals surface area contributed by atoms with Gasteiger partial charge in [0.05, 0.1) is 0 Å². The molecule has 1 aliphatic heterocycles. The first kappa shape index (κ1) is 19.8. The molecular formula is C24H31N3O2. The van der Waals surface area contributed by atoms with Gasteiger partial charge in [0, 0.05) is 39.8 Å². The summed E-state index contributed by atoms with van der Waals surface area (Å²) in [5, 5.41) is 13.1. The highest BCUT2D eigenvalue weighted by Gasteiger charge is 2.25. The van der Waals surface area contributed by atoms with E-state index in [1.54, 1.807) is 6.07 Å². The van der Waals surface area contributed by atoms with E-state index >= 15 is 0 Å². The Morgan fingerprint density at radius 3 is 2.41 bits per heavy atom. The van der Waals surface area contributed by atoms with Gasteiger partial charge in [-0.25, -0.2) is 4.79 Å². The molecule has 0 bridgehead atoms.